The average molecular weight is 345 g/mol. The van der Waals surface area contributed by atoms with E-state index in [1.54, 1.807) is 6.92 Å². The lowest BCUT2D eigenvalue weighted by Gasteiger charge is -2.21. The van der Waals surface area contributed by atoms with Crippen LogP contribution in [-0.2, 0) is 9.59 Å². The van der Waals surface area contributed by atoms with Gasteiger partial charge in [0.2, 0.25) is 11.7 Å². The number of rotatable bonds is 8. The number of hydrogen-bond donors (Lipinski definition) is 2. The van der Waals surface area contributed by atoms with Crippen LogP contribution in [0.4, 0.5) is 0 Å². The van der Waals surface area contributed by atoms with E-state index in [2.05, 4.69) is 20.7 Å². The van der Waals surface area contributed by atoms with Crippen LogP contribution in [0.2, 0.25) is 0 Å². The molecule has 0 aliphatic rings. The van der Waals surface area contributed by atoms with Gasteiger partial charge in [0, 0.05) is 18.0 Å². The van der Waals surface area contributed by atoms with E-state index in [0.29, 0.717) is 12.2 Å². The van der Waals surface area contributed by atoms with Crippen LogP contribution < -0.4 is 5.32 Å². The molecule has 1 amide bonds. The van der Waals surface area contributed by atoms with Crippen LogP contribution in [-0.4, -0.2) is 43.2 Å². The van der Waals surface area contributed by atoms with Crippen LogP contribution in [0.1, 0.15) is 39.7 Å². The summed E-state index contributed by atoms with van der Waals surface area (Å²) in [7, 11) is 0. The lowest BCUT2D eigenvalue weighted by molar-refractivity contribution is -0.137. The normalized spacial score (nSPS) is 13.4. The SMILES string of the molecule is CC(CCC(=O)O)NC(=O)C(C(C)C)n1nnc(-c2ccccc2)n1. The first-order valence-corrected chi connectivity index (χ1v) is 8.25. The summed E-state index contributed by atoms with van der Waals surface area (Å²) in [5.41, 5.74) is 0.825. The second-order valence-corrected chi connectivity index (χ2v) is 6.33. The van der Waals surface area contributed by atoms with Crippen LogP contribution in [0.25, 0.3) is 11.4 Å². The average Bonchev–Trinajstić information content (AvgIpc) is 3.03. The Kier molecular flexibility index (Phi) is 6.21. The molecule has 2 rings (SSSR count). The van der Waals surface area contributed by atoms with Crippen molar-refractivity contribution >= 4 is 11.9 Å². The highest BCUT2D eigenvalue weighted by molar-refractivity contribution is 5.80. The number of carbonyl (C=O) groups is 2. The molecule has 134 valence electrons. The van der Waals surface area contributed by atoms with Gasteiger partial charge in [-0.15, -0.1) is 10.2 Å². The topological polar surface area (TPSA) is 110 Å². The molecule has 8 nitrogen and oxygen atoms in total. The maximum Gasteiger partial charge on any atom is 0.303 e. The summed E-state index contributed by atoms with van der Waals surface area (Å²) in [6, 6.07) is 8.55. The van der Waals surface area contributed by atoms with Crippen LogP contribution in [0.3, 0.4) is 0 Å². The van der Waals surface area contributed by atoms with Gasteiger partial charge in [0.15, 0.2) is 6.04 Å². The summed E-state index contributed by atoms with van der Waals surface area (Å²) in [5, 5.41) is 24.0. The lowest BCUT2D eigenvalue weighted by Crippen LogP contribution is -2.41. The molecule has 0 spiro atoms. The number of carbonyl (C=O) groups excluding carboxylic acids is 1. The number of carboxylic acids is 1. The molecule has 25 heavy (non-hydrogen) atoms. The summed E-state index contributed by atoms with van der Waals surface area (Å²) >= 11 is 0. The maximum absolute atomic E-state index is 12.6. The summed E-state index contributed by atoms with van der Waals surface area (Å²) in [4.78, 5) is 24.6. The van der Waals surface area contributed by atoms with E-state index in [-0.39, 0.29) is 24.3 Å². The molecule has 2 N–H and O–H groups in total. The highest BCUT2D eigenvalue weighted by Gasteiger charge is 2.28. The molecule has 0 bridgehead atoms. The van der Waals surface area contributed by atoms with E-state index in [0.717, 1.165) is 5.56 Å². The van der Waals surface area contributed by atoms with Crippen molar-refractivity contribution in [3.63, 3.8) is 0 Å². The molecule has 0 saturated heterocycles. The van der Waals surface area contributed by atoms with Crippen molar-refractivity contribution in [1.29, 1.82) is 0 Å². The van der Waals surface area contributed by atoms with Gasteiger partial charge in [-0.3, -0.25) is 9.59 Å². The quantitative estimate of drug-likeness (QED) is 0.756. The number of carboxylic acid groups (broad SMARTS) is 1. The van der Waals surface area contributed by atoms with Crippen molar-refractivity contribution in [2.75, 3.05) is 0 Å². The Hall–Kier alpha value is -2.77. The van der Waals surface area contributed by atoms with Crippen molar-refractivity contribution in [2.45, 2.75) is 45.7 Å². The number of amides is 1. The van der Waals surface area contributed by atoms with Crippen molar-refractivity contribution < 1.29 is 14.7 Å². The second-order valence-electron chi connectivity index (χ2n) is 6.33. The minimum absolute atomic E-state index is 0.00746. The van der Waals surface area contributed by atoms with Crippen molar-refractivity contribution in [2.24, 2.45) is 5.92 Å². The zero-order valence-corrected chi connectivity index (χ0v) is 14.6. The van der Waals surface area contributed by atoms with E-state index in [9.17, 15) is 9.59 Å². The number of aliphatic carboxylic acids is 1. The zero-order chi connectivity index (χ0) is 18.4. The monoisotopic (exact) mass is 345 g/mol. The molecule has 1 aromatic heterocycles. The standard InChI is InChI=1S/C17H23N5O3/c1-11(2)15(17(25)18-12(3)9-10-14(23)24)22-20-16(19-21-22)13-7-5-4-6-8-13/h4-8,11-12,15H,9-10H2,1-3H3,(H,18,25)(H,23,24). The first-order chi connectivity index (χ1) is 11.9. The van der Waals surface area contributed by atoms with Crippen molar-refractivity contribution in [3.8, 4) is 11.4 Å². The van der Waals surface area contributed by atoms with Gasteiger partial charge in [0.1, 0.15) is 0 Å². The molecule has 1 aromatic carbocycles. The van der Waals surface area contributed by atoms with Gasteiger partial charge in [-0.05, 0) is 24.5 Å². The highest BCUT2D eigenvalue weighted by atomic mass is 16.4. The molecule has 0 aliphatic carbocycles. The Bertz CT molecular complexity index is 714. The van der Waals surface area contributed by atoms with Crippen LogP contribution in [0.15, 0.2) is 30.3 Å². The number of hydrogen-bond acceptors (Lipinski definition) is 5. The molecule has 1 heterocycles. The Morgan fingerprint density at radius 3 is 2.48 bits per heavy atom. The zero-order valence-electron chi connectivity index (χ0n) is 14.6. The molecule has 0 fully saturated rings. The number of nitrogens with one attached hydrogen (secondary N) is 1. The molecular formula is C17H23N5O3. The van der Waals surface area contributed by atoms with Gasteiger partial charge in [-0.25, -0.2) is 0 Å². The predicted molar refractivity (Wildman–Crippen MR) is 91.6 cm³/mol. The number of benzene rings is 1. The Labute approximate surface area is 146 Å². The van der Waals surface area contributed by atoms with Crippen LogP contribution in [0.5, 0.6) is 0 Å². The molecule has 8 heteroatoms. The molecule has 2 atom stereocenters. The summed E-state index contributed by atoms with van der Waals surface area (Å²) in [5.74, 6) is -0.723. The lowest BCUT2D eigenvalue weighted by atomic mass is 10.0. The first-order valence-electron chi connectivity index (χ1n) is 8.25. The van der Waals surface area contributed by atoms with E-state index in [1.807, 2.05) is 44.2 Å². The number of nitrogens with zero attached hydrogens (tertiary/aromatic N) is 4. The van der Waals surface area contributed by atoms with Crippen molar-refractivity contribution in [3.05, 3.63) is 30.3 Å². The van der Waals surface area contributed by atoms with E-state index in [1.165, 1.54) is 4.80 Å². The molecule has 0 radical (unpaired) electrons. The predicted octanol–water partition coefficient (Wildman–Crippen LogP) is 1.91. The third-order valence-corrected chi connectivity index (χ3v) is 3.79. The van der Waals surface area contributed by atoms with Crippen LogP contribution >= 0.6 is 0 Å². The summed E-state index contributed by atoms with van der Waals surface area (Å²) in [6.07, 6.45) is 0.374. The molecular weight excluding hydrogens is 322 g/mol. The van der Waals surface area contributed by atoms with E-state index < -0.39 is 12.0 Å². The fourth-order valence-corrected chi connectivity index (χ4v) is 2.46. The third-order valence-electron chi connectivity index (χ3n) is 3.79. The smallest absolute Gasteiger partial charge is 0.303 e. The van der Waals surface area contributed by atoms with Gasteiger partial charge in [0.05, 0.1) is 0 Å². The Balaban J connectivity index is 2.11. The number of tetrazole rings is 1. The fourth-order valence-electron chi connectivity index (χ4n) is 2.46. The minimum atomic E-state index is -0.882. The third kappa shape index (κ3) is 5.10. The largest absolute Gasteiger partial charge is 0.481 e. The summed E-state index contributed by atoms with van der Waals surface area (Å²) in [6.45, 7) is 5.58. The van der Waals surface area contributed by atoms with Crippen molar-refractivity contribution in [1.82, 2.24) is 25.5 Å². The molecule has 2 aromatic rings. The Morgan fingerprint density at radius 1 is 1.20 bits per heavy atom. The summed E-state index contributed by atoms with van der Waals surface area (Å²) < 4.78 is 0. The van der Waals surface area contributed by atoms with Gasteiger partial charge < -0.3 is 10.4 Å². The van der Waals surface area contributed by atoms with Gasteiger partial charge in [0.25, 0.3) is 0 Å². The van der Waals surface area contributed by atoms with Gasteiger partial charge >= 0.3 is 5.97 Å². The first kappa shape index (κ1) is 18.6. The minimum Gasteiger partial charge on any atom is -0.481 e. The number of aromatic nitrogens is 4. The van der Waals surface area contributed by atoms with E-state index in [4.69, 9.17) is 5.11 Å². The fraction of sp³-hybridized carbons (Fsp3) is 0.471. The highest BCUT2D eigenvalue weighted by Crippen LogP contribution is 2.19. The molecule has 0 aliphatic heterocycles. The van der Waals surface area contributed by atoms with Gasteiger partial charge in [-0.1, -0.05) is 44.2 Å². The maximum atomic E-state index is 12.6. The van der Waals surface area contributed by atoms with Crippen LogP contribution in [0, 0.1) is 5.92 Å². The van der Waals surface area contributed by atoms with E-state index >= 15 is 0 Å². The second kappa shape index (κ2) is 8.36. The molecule has 0 saturated carbocycles. The molecule has 2 unspecified atom stereocenters. The van der Waals surface area contributed by atoms with Gasteiger partial charge in [-0.2, -0.15) is 4.80 Å². The Morgan fingerprint density at radius 2 is 1.88 bits per heavy atom.